The molecule has 0 atom stereocenters. The molecule has 0 aliphatic rings. The standard InChI is InChI=1S/C3H4N2S2.Na/c1-2-3(6)7-5-4-2;/h1H3,(H,5,6);/q;+1/p-1. The Kier molecular flexibility index (Phi) is 4.10. The van der Waals surface area contributed by atoms with Crippen molar-refractivity contribution in [1.29, 1.82) is 0 Å². The van der Waals surface area contributed by atoms with Gasteiger partial charge in [0.25, 0.3) is 0 Å². The van der Waals surface area contributed by atoms with Crippen LogP contribution in [-0.2, 0) is 0 Å². The average Bonchev–Trinajstić information content (AvgIpc) is 1.91. The fourth-order valence-corrected chi connectivity index (χ4v) is 0.777. The van der Waals surface area contributed by atoms with Gasteiger partial charge in [0, 0.05) is 5.69 Å². The summed E-state index contributed by atoms with van der Waals surface area (Å²) in [5.74, 6) is 0. The molecule has 5 heteroatoms. The Morgan fingerprint density at radius 1 is 1.75 bits per heavy atom. The van der Waals surface area contributed by atoms with Gasteiger partial charge in [-0.3, -0.25) is 0 Å². The molecule has 1 aromatic rings. The monoisotopic (exact) mass is 154 g/mol. The van der Waals surface area contributed by atoms with E-state index in [1.54, 1.807) is 0 Å². The fraction of sp³-hybridized carbons (Fsp3) is 0.333. The Labute approximate surface area is 78.8 Å². The molecule has 38 valence electrons. The maximum absolute atomic E-state index is 4.78. The van der Waals surface area contributed by atoms with Gasteiger partial charge >= 0.3 is 29.6 Å². The van der Waals surface area contributed by atoms with Gasteiger partial charge in [-0.1, -0.05) is 12.2 Å². The molecule has 0 aromatic carbocycles. The van der Waals surface area contributed by atoms with Crippen LogP contribution in [0.4, 0.5) is 0 Å². The quantitative estimate of drug-likeness (QED) is 0.324. The van der Waals surface area contributed by atoms with Crippen LogP contribution in [0.3, 0.4) is 0 Å². The van der Waals surface area contributed by atoms with Crippen LogP contribution < -0.4 is 34.0 Å². The molecule has 0 unspecified atom stereocenters. The van der Waals surface area contributed by atoms with Crippen molar-refractivity contribution in [2.45, 2.75) is 6.92 Å². The maximum Gasteiger partial charge on any atom is 1.00 e. The minimum atomic E-state index is 0. The van der Waals surface area contributed by atoms with Crippen molar-refractivity contribution in [2.24, 2.45) is 0 Å². The Balaban J connectivity index is 0.000000490. The molecule has 0 radical (unpaired) electrons. The summed E-state index contributed by atoms with van der Waals surface area (Å²) in [7, 11) is 0. The normalized spacial score (nSPS) is 8.12. The number of aryl methyl sites for hydroxylation is 1. The van der Waals surface area contributed by atoms with Gasteiger partial charge in [-0.05, 0) is 6.92 Å². The summed E-state index contributed by atoms with van der Waals surface area (Å²) in [5, 5.41) is 3.68. The van der Waals surface area contributed by atoms with Crippen LogP contribution >= 0.6 is 23.8 Å². The molecule has 0 saturated heterocycles. The molecule has 1 rings (SSSR count). The zero-order chi connectivity index (χ0) is 5.28. The zero-order valence-electron chi connectivity index (χ0n) is 4.71. The molecule has 0 aliphatic carbocycles. The predicted octanol–water partition coefficient (Wildman–Crippen LogP) is -1.86. The van der Waals surface area contributed by atoms with E-state index in [0.29, 0.717) is 0 Å². The largest absolute Gasteiger partial charge is 1.00 e. The predicted molar refractivity (Wildman–Crippen MR) is 31.0 cm³/mol. The van der Waals surface area contributed by atoms with Gasteiger partial charge in [-0.25, -0.2) is 11.5 Å². The first-order valence-corrected chi connectivity index (χ1v) is 2.95. The molecule has 0 aliphatic heterocycles. The van der Waals surface area contributed by atoms with E-state index in [2.05, 4.69) is 9.59 Å². The first kappa shape index (κ1) is 8.78. The maximum atomic E-state index is 4.78. The summed E-state index contributed by atoms with van der Waals surface area (Å²) in [4.78, 5) is 0. The van der Waals surface area contributed by atoms with E-state index in [-0.39, 0.29) is 29.6 Å². The second-order valence-electron chi connectivity index (χ2n) is 1.15. The fourth-order valence-electron chi connectivity index (χ4n) is 0.226. The summed E-state index contributed by atoms with van der Waals surface area (Å²) in [5.41, 5.74) is 0.861. The van der Waals surface area contributed by atoms with Crippen molar-refractivity contribution in [3.63, 3.8) is 0 Å². The molecule has 0 N–H and O–H groups in total. The zero-order valence-corrected chi connectivity index (χ0v) is 8.34. The molecule has 0 saturated carbocycles. The molecule has 0 fully saturated rings. The van der Waals surface area contributed by atoms with E-state index in [1.807, 2.05) is 6.92 Å². The second kappa shape index (κ2) is 3.74. The van der Waals surface area contributed by atoms with Crippen molar-refractivity contribution in [2.75, 3.05) is 0 Å². The number of nitrogens with zero attached hydrogens (tertiary/aromatic N) is 2. The van der Waals surface area contributed by atoms with Crippen molar-refractivity contribution >= 4 is 23.8 Å². The van der Waals surface area contributed by atoms with E-state index in [1.165, 1.54) is 11.5 Å². The Morgan fingerprint density at radius 3 is 2.50 bits per heavy atom. The summed E-state index contributed by atoms with van der Waals surface area (Å²) < 4.78 is 4.40. The van der Waals surface area contributed by atoms with E-state index in [0.717, 1.165) is 9.52 Å². The minimum absolute atomic E-state index is 0. The number of rotatable bonds is 0. The third-order valence-corrected chi connectivity index (χ3v) is 1.75. The van der Waals surface area contributed by atoms with Gasteiger partial charge < -0.3 is 9.59 Å². The molecule has 8 heavy (non-hydrogen) atoms. The van der Waals surface area contributed by atoms with Crippen molar-refractivity contribution in [1.82, 2.24) is 9.59 Å². The van der Waals surface area contributed by atoms with Crippen molar-refractivity contribution in [3.8, 4) is 0 Å². The molecule has 1 heterocycles. The van der Waals surface area contributed by atoms with Crippen molar-refractivity contribution < 1.29 is 29.6 Å². The smallest absolute Gasteiger partial charge is 0.528 e. The molecule has 0 amide bonds. The molecule has 1 aromatic heterocycles. The van der Waals surface area contributed by atoms with Gasteiger partial charge in [-0.2, -0.15) is 0 Å². The van der Waals surface area contributed by atoms with Gasteiger partial charge in [0.05, 0.1) is 3.82 Å². The third-order valence-electron chi connectivity index (χ3n) is 0.610. The number of aromatic nitrogens is 2. The molecule has 2 nitrogen and oxygen atoms in total. The second-order valence-corrected chi connectivity index (χ2v) is 2.57. The summed E-state index contributed by atoms with van der Waals surface area (Å²) >= 11 is 6.04. The number of hydrogen-bond acceptors (Lipinski definition) is 3. The topological polar surface area (TPSA) is 27.0 Å². The van der Waals surface area contributed by atoms with Crippen LogP contribution in [0.25, 0.3) is 0 Å². The van der Waals surface area contributed by atoms with Crippen LogP contribution in [0.5, 0.6) is 0 Å². The summed E-state index contributed by atoms with van der Waals surface area (Å²) in [6.45, 7) is 1.85. The molecular weight excluding hydrogens is 151 g/mol. The van der Waals surface area contributed by atoms with E-state index in [4.69, 9.17) is 12.2 Å². The van der Waals surface area contributed by atoms with Crippen LogP contribution in [-0.4, -0.2) is 5.10 Å². The van der Waals surface area contributed by atoms with Gasteiger partial charge in [0.15, 0.2) is 0 Å². The third kappa shape index (κ3) is 1.95. The SMILES string of the molecule is Cc1n[n-]sc1=S.[Na+]. The number of hydrogen-bond donors (Lipinski definition) is 0. The molecule has 0 spiro atoms. The van der Waals surface area contributed by atoms with Gasteiger partial charge in [0.1, 0.15) is 0 Å². The first-order valence-electron chi connectivity index (χ1n) is 1.76. The van der Waals surface area contributed by atoms with Gasteiger partial charge in [-0.15, -0.1) is 0 Å². The summed E-state index contributed by atoms with van der Waals surface area (Å²) in [6, 6.07) is 0. The van der Waals surface area contributed by atoms with Crippen LogP contribution in [0.15, 0.2) is 0 Å². The average molecular weight is 154 g/mol. The van der Waals surface area contributed by atoms with E-state index < -0.39 is 0 Å². The molecule has 0 bridgehead atoms. The molecular formula is C3H3N2NaS2. The van der Waals surface area contributed by atoms with Crippen LogP contribution in [0.1, 0.15) is 5.69 Å². The van der Waals surface area contributed by atoms with Crippen LogP contribution in [0, 0.1) is 10.7 Å². The summed E-state index contributed by atoms with van der Waals surface area (Å²) in [6.07, 6.45) is 0. The van der Waals surface area contributed by atoms with E-state index >= 15 is 0 Å². The first-order chi connectivity index (χ1) is 3.30. The van der Waals surface area contributed by atoms with Crippen LogP contribution in [0.2, 0.25) is 0 Å². The Morgan fingerprint density at radius 2 is 2.38 bits per heavy atom. The minimum Gasteiger partial charge on any atom is -0.528 e. The van der Waals surface area contributed by atoms with Gasteiger partial charge in [0.2, 0.25) is 0 Å². The Hall–Kier alpha value is 0.780. The Bertz CT molecular complexity index is 203. The van der Waals surface area contributed by atoms with E-state index in [9.17, 15) is 0 Å². The van der Waals surface area contributed by atoms with Crippen molar-refractivity contribution in [3.05, 3.63) is 9.52 Å².